The van der Waals surface area contributed by atoms with Crippen LogP contribution in [0.4, 0.5) is 0 Å². The standard InChI is InChI=1S/C8H7BrCl2O/c9-4-8(12)5-1-2-6(10)7(11)3-5/h1-3,8,12H,4H2/t8-/m1/s1. The maximum atomic E-state index is 9.40. The number of halogens is 3. The SMILES string of the molecule is O[C@H](CBr)c1ccc(Cl)c(Cl)c1. The van der Waals surface area contributed by atoms with Gasteiger partial charge in [0.2, 0.25) is 0 Å². The molecule has 0 amide bonds. The second kappa shape index (κ2) is 4.47. The minimum absolute atomic E-state index is 0.467. The molecule has 1 atom stereocenters. The molecule has 0 radical (unpaired) electrons. The third-order valence-electron chi connectivity index (χ3n) is 1.47. The van der Waals surface area contributed by atoms with E-state index in [0.29, 0.717) is 15.4 Å². The lowest BCUT2D eigenvalue weighted by atomic mass is 10.1. The second-order valence-corrected chi connectivity index (χ2v) is 3.81. The molecule has 0 fully saturated rings. The van der Waals surface area contributed by atoms with Crippen molar-refractivity contribution in [2.24, 2.45) is 0 Å². The van der Waals surface area contributed by atoms with Crippen LogP contribution in [-0.2, 0) is 0 Å². The van der Waals surface area contributed by atoms with Crippen LogP contribution < -0.4 is 0 Å². The lowest BCUT2D eigenvalue weighted by Gasteiger charge is -2.07. The average molecular weight is 270 g/mol. The summed E-state index contributed by atoms with van der Waals surface area (Å²) in [7, 11) is 0. The molecule has 0 aliphatic carbocycles. The van der Waals surface area contributed by atoms with Gasteiger partial charge in [0.25, 0.3) is 0 Å². The molecular weight excluding hydrogens is 263 g/mol. The van der Waals surface area contributed by atoms with E-state index in [1.165, 1.54) is 0 Å². The summed E-state index contributed by atoms with van der Waals surface area (Å²) < 4.78 is 0. The van der Waals surface area contributed by atoms with Gasteiger partial charge < -0.3 is 5.11 Å². The molecule has 0 bridgehead atoms. The summed E-state index contributed by atoms with van der Waals surface area (Å²) in [6.07, 6.45) is -0.528. The molecule has 1 nitrogen and oxygen atoms in total. The number of benzene rings is 1. The first kappa shape index (κ1) is 10.3. The van der Waals surface area contributed by atoms with Crippen LogP contribution in [0.5, 0.6) is 0 Å². The Hall–Kier alpha value is 0.240. The number of alkyl halides is 1. The van der Waals surface area contributed by atoms with Crippen molar-refractivity contribution in [3.63, 3.8) is 0 Å². The maximum absolute atomic E-state index is 9.40. The largest absolute Gasteiger partial charge is 0.388 e. The van der Waals surface area contributed by atoms with Gasteiger partial charge in [0, 0.05) is 5.33 Å². The molecule has 1 N–H and O–H groups in total. The van der Waals surface area contributed by atoms with Crippen molar-refractivity contribution in [1.82, 2.24) is 0 Å². The monoisotopic (exact) mass is 268 g/mol. The Morgan fingerprint density at radius 1 is 1.33 bits per heavy atom. The minimum atomic E-state index is -0.528. The third-order valence-corrected chi connectivity index (χ3v) is 2.83. The number of hydrogen-bond donors (Lipinski definition) is 1. The summed E-state index contributed by atoms with van der Waals surface area (Å²) >= 11 is 14.6. The van der Waals surface area contributed by atoms with E-state index in [1.807, 2.05) is 0 Å². The minimum Gasteiger partial charge on any atom is -0.388 e. The van der Waals surface area contributed by atoms with Gasteiger partial charge >= 0.3 is 0 Å². The van der Waals surface area contributed by atoms with E-state index in [-0.39, 0.29) is 0 Å². The highest BCUT2D eigenvalue weighted by Crippen LogP contribution is 2.26. The molecule has 0 saturated carbocycles. The maximum Gasteiger partial charge on any atom is 0.0887 e. The van der Waals surface area contributed by atoms with Crippen LogP contribution in [0.1, 0.15) is 11.7 Å². The van der Waals surface area contributed by atoms with Crippen molar-refractivity contribution >= 4 is 39.1 Å². The Kier molecular flexibility index (Phi) is 3.84. The molecule has 0 aromatic heterocycles. The zero-order valence-electron chi connectivity index (χ0n) is 6.10. The van der Waals surface area contributed by atoms with Crippen LogP contribution in [-0.4, -0.2) is 10.4 Å². The van der Waals surface area contributed by atoms with Crippen LogP contribution in [0.2, 0.25) is 10.0 Å². The predicted octanol–water partition coefficient (Wildman–Crippen LogP) is 3.42. The molecule has 0 aliphatic heterocycles. The summed E-state index contributed by atoms with van der Waals surface area (Å²) in [6, 6.07) is 5.08. The highest BCUT2D eigenvalue weighted by molar-refractivity contribution is 9.09. The second-order valence-electron chi connectivity index (χ2n) is 2.34. The summed E-state index contributed by atoms with van der Waals surface area (Å²) in [5.74, 6) is 0. The lowest BCUT2D eigenvalue weighted by Crippen LogP contribution is -1.97. The van der Waals surface area contributed by atoms with E-state index in [1.54, 1.807) is 18.2 Å². The fraction of sp³-hybridized carbons (Fsp3) is 0.250. The van der Waals surface area contributed by atoms with Crippen molar-refractivity contribution < 1.29 is 5.11 Å². The van der Waals surface area contributed by atoms with Gasteiger partial charge in [-0.1, -0.05) is 45.2 Å². The molecule has 0 heterocycles. The molecular formula is C8H7BrCl2O. The topological polar surface area (TPSA) is 20.2 Å². The van der Waals surface area contributed by atoms with Gasteiger partial charge in [0.1, 0.15) is 0 Å². The molecule has 1 aromatic rings. The molecule has 12 heavy (non-hydrogen) atoms. The zero-order valence-corrected chi connectivity index (χ0v) is 9.20. The normalized spacial score (nSPS) is 13.0. The molecule has 0 saturated heterocycles. The van der Waals surface area contributed by atoms with E-state index >= 15 is 0 Å². The van der Waals surface area contributed by atoms with Crippen molar-refractivity contribution in [2.45, 2.75) is 6.10 Å². The van der Waals surface area contributed by atoms with E-state index in [9.17, 15) is 5.11 Å². The summed E-state index contributed by atoms with van der Waals surface area (Å²) in [5, 5.41) is 10.9. The highest BCUT2D eigenvalue weighted by Gasteiger charge is 2.06. The molecule has 66 valence electrons. The smallest absolute Gasteiger partial charge is 0.0887 e. The van der Waals surface area contributed by atoms with E-state index < -0.39 is 6.10 Å². The van der Waals surface area contributed by atoms with Crippen molar-refractivity contribution in [1.29, 1.82) is 0 Å². The first-order chi connectivity index (χ1) is 5.65. The third kappa shape index (κ3) is 2.36. The number of aliphatic hydroxyl groups is 1. The first-order valence-corrected chi connectivity index (χ1v) is 5.22. The van der Waals surface area contributed by atoms with E-state index in [4.69, 9.17) is 23.2 Å². The van der Waals surface area contributed by atoms with Gasteiger partial charge in [-0.15, -0.1) is 0 Å². The van der Waals surface area contributed by atoms with Gasteiger partial charge in [-0.3, -0.25) is 0 Å². The van der Waals surface area contributed by atoms with Crippen LogP contribution in [0.15, 0.2) is 18.2 Å². The van der Waals surface area contributed by atoms with E-state index in [2.05, 4.69) is 15.9 Å². The quantitative estimate of drug-likeness (QED) is 0.816. The van der Waals surface area contributed by atoms with Gasteiger partial charge in [0.15, 0.2) is 0 Å². The Balaban J connectivity index is 2.96. The fourth-order valence-electron chi connectivity index (χ4n) is 0.809. The first-order valence-electron chi connectivity index (χ1n) is 3.34. The highest BCUT2D eigenvalue weighted by atomic mass is 79.9. The molecule has 4 heteroatoms. The zero-order chi connectivity index (χ0) is 9.14. The summed E-state index contributed by atoms with van der Waals surface area (Å²) in [6.45, 7) is 0. The van der Waals surface area contributed by atoms with Crippen LogP contribution >= 0.6 is 39.1 Å². The summed E-state index contributed by atoms with van der Waals surface area (Å²) in [4.78, 5) is 0. The van der Waals surface area contributed by atoms with Crippen molar-refractivity contribution in [2.75, 3.05) is 5.33 Å². The predicted molar refractivity (Wildman–Crippen MR) is 55.2 cm³/mol. The molecule has 0 aliphatic rings. The Morgan fingerprint density at radius 3 is 2.50 bits per heavy atom. The molecule has 1 rings (SSSR count). The number of aliphatic hydroxyl groups excluding tert-OH is 1. The van der Waals surface area contributed by atoms with Gasteiger partial charge in [-0.05, 0) is 17.7 Å². The van der Waals surface area contributed by atoms with Gasteiger partial charge in [0.05, 0.1) is 16.1 Å². The molecule has 0 spiro atoms. The Morgan fingerprint density at radius 2 is 2.00 bits per heavy atom. The number of rotatable bonds is 2. The van der Waals surface area contributed by atoms with Crippen LogP contribution in [0.25, 0.3) is 0 Å². The van der Waals surface area contributed by atoms with Crippen molar-refractivity contribution in [3.05, 3.63) is 33.8 Å². The Bertz CT molecular complexity index is 278. The van der Waals surface area contributed by atoms with Crippen LogP contribution in [0, 0.1) is 0 Å². The average Bonchev–Trinajstić information content (AvgIpc) is 2.08. The lowest BCUT2D eigenvalue weighted by molar-refractivity contribution is 0.205. The van der Waals surface area contributed by atoms with Gasteiger partial charge in [-0.25, -0.2) is 0 Å². The molecule has 0 unspecified atom stereocenters. The fourth-order valence-corrected chi connectivity index (χ4v) is 1.49. The van der Waals surface area contributed by atoms with Gasteiger partial charge in [-0.2, -0.15) is 0 Å². The number of hydrogen-bond acceptors (Lipinski definition) is 1. The van der Waals surface area contributed by atoms with E-state index in [0.717, 1.165) is 5.56 Å². The van der Waals surface area contributed by atoms with Crippen LogP contribution in [0.3, 0.4) is 0 Å². The summed E-state index contributed by atoms with van der Waals surface area (Å²) in [5.41, 5.74) is 0.765. The molecule has 1 aromatic carbocycles. The van der Waals surface area contributed by atoms with Crippen molar-refractivity contribution in [3.8, 4) is 0 Å². The Labute approximate surface area is 89.4 Å².